The van der Waals surface area contributed by atoms with Gasteiger partial charge >= 0.3 is 6.18 Å². The fraction of sp³-hybridized carbons (Fsp3) is 0.522. The van der Waals surface area contributed by atoms with E-state index in [1.165, 1.54) is 10.6 Å². The van der Waals surface area contributed by atoms with Gasteiger partial charge in [-0.3, -0.25) is 0 Å². The minimum Gasteiger partial charge on any atom is -0.468 e. The van der Waals surface area contributed by atoms with Crippen molar-refractivity contribution in [2.24, 2.45) is 11.8 Å². The Morgan fingerprint density at radius 2 is 1.91 bits per heavy atom. The lowest BCUT2D eigenvalue weighted by atomic mass is 9.92. The normalized spacial score (nSPS) is 22.6. The third-order valence-electron chi connectivity index (χ3n) is 6.69. The van der Waals surface area contributed by atoms with Gasteiger partial charge < -0.3 is 15.0 Å². The predicted octanol–water partition coefficient (Wildman–Crippen LogP) is 5.17. The first-order valence-corrected chi connectivity index (χ1v) is 11.8. The van der Waals surface area contributed by atoms with Crippen molar-refractivity contribution in [3.8, 4) is 5.88 Å². The van der Waals surface area contributed by atoms with Crippen LogP contribution >= 0.6 is 11.6 Å². The van der Waals surface area contributed by atoms with Crippen molar-refractivity contribution in [1.29, 1.82) is 0 Å². The lowest BCUT2D eigenvalue weighted by molar-refractivity contribution is -0.154. The summed E-state index contributed by atoms with van der Waals surface area (Å²) in [6.45, 7) is 4.38. The Bertz CT molecular complexity index is 1170. The van der Waals surface area contributed by atoms with Crippen LogP contribution in [-0.4, -0.2) is 51.5 Å². The molecule has 0 aromatic carbocycles. The highest BCUT2D eigenvalue weighted by molar-refractivity contribution is 6.29. The number of ether oxygens (including phenoxy) is 1. The zero-order valence-electron chi connectivity index (χ0n) is 18.9. The first kappa shape index (κ1) is 23.0. The lowest BCUT2D eigenvalue weighted by Crippen LogP contribution is -2.48. The average molecular weight is 495 g/mol. The van der Waals surface area contributed by atoms with Crippen LogP contribution in [-0.2, 0) is 0 Å². The van der Waals surface area contributed by atoms with E-state index in [2.05, 4.69) is 25.3 Å². The summed E-state index contributed by atoms with van der Waals surface area (Å²) in [5.41, 5.74) is 2.47. The molecular weight excluding hydrogens is 469 g/mol. The molecule has 1 aliphatic carbocycles. The second kappa shape index (κ2) is 8.79. The molecule has 2 fully saturated rings. The van der Waals surface area contributed by atoms with Crippen LogP contribution in [0.3, 0.4) is 0 Å². The molecule has 3 aromatic heterocycles. The largest absolute Gasteiger partial charge is 0.468 e. The quantitative estimate of drug-likeness (QED) is 0.477. The molecule has 182 valence electrons. The summed E-state index contributed by atoms with van der Waals surface area (Å²) >= 11 is 6.08. The number of anilines is 2. The molecule has 1 saturated heterocycles. The molecule has 0 amide bonds. The molecule has 3 atom stereocenters. The van der Waals surface area contributed by atoms with E-state index in [4.69, 9.17) is 16.3 Å². The molecule has 34 heavy (non-hydrogen) atoms. The van der Waals surface area contributed by atoms with E-state index in [-0.39, 0.29) is 17.8 Å². The van der Waals surface area contributed by atoms with Crippen molar-refractivity contribution in [2.75, 3.05) is 29.9 Å². The first-order valence-electron chi connectivity index (χ1n) is 11.4. The number of aromatic nitrogens is 4. The Morgan fingerprint density at radius 3 is 2.56 bits per heavy atom. The van der Waals surface area contributed by atoms with Gasteiger partial charge in [-0.15, -0.1) is 5.10 Å². The summed E-state index contributed by atoms with van der Waals surface area (Å²) in [7, 11) is 0. The van der Waals surface area contributed by atoms with Gasteiger partial charge in [-0.1, -0.05) is 25.4 Å². The number of rotatable bonds is 6. The number of hydrogen-bond donors (Lipinski definition) is 1. The Kier molecular flexibility index (Phi) is 5.95. The highest BCUT2D eigenvalue weighted by atomic mass is 35.5. The number of piperidine rings is 1. The Labute approximate surface area is 200 Å². The molecule has 2 bridgehead atoms. The second-order valence-corrected chi connectivity index (χ2v) is 9.75. The van der Waals surface area contributed by atoms with Gasteiger partial charge in [0.2, 0.25) is 11.8 Å². The molecule has 11 heteroatoms. The van der Waals surface area contributed by atoms with E-state index in [9.17, 15) is 13.2 Å². The van der Waals surface area contributed by atoms with Crippen molar-refractivity contribution < 1.29 is 17.9 Å². The first-order chi connectivity index (χ1) is 16.2. The number of pyridine rings is 2. The zero-order chi connectivity index (χ0) is 24.0. The van der Waals surface area contributed by atoms with Crippen LogP contribution in [0.2, 0.25) is 5.15 Å². The van der Waals surface area contributed by atoms with Gasteiger partial charge in [0.1, 0.15) is 5.15 Å². The number of hydrogen-bond acceptors (Lipinski definition) is 6. The molecular formula is C23H26ClF3N6O. The predicted molar refractivity (Wildman–Crippen MR) is 124 cm³/mol. The molecule has 1 aliphatic heterocycles. The molecule has 0 spiro atoms. The summed E-state index contributed by atoms with van der Waals surface area (Å²) in [6.07, 6.45) is -0.545. The van der Waals surface area contributed by atoms with E-state index in [0.717, 1.165) is 37.2 Å². The summed E-state index contributed by atoms with van der Waals surface area (Å²) in [5.74, 6) is 1.34. The standard InChI is InChI=1S/C23H26ClF3N6O/c1-13(2)17-5-6-19(34-12-23(25,26)27)33-21(17)30-22(31-33)29-20-14-3-4-15(20)11-32(10-14)16-7-8-28-18(24)9-16/h5-9,13-15,20H,3-4,10-12H2,1-2H3,(H,29,31)/t14-,15+,20-. The SMILES string of the molecule is CC(C)c1ccc(OCC(F)(F)F)n2nc(N[C@@H]3[C@@H]4CC[C@H]3CN(c3ccnc(Cl)c3)C4)nc12. The van der Waals surface area contributed by atoms with Gasteiger partial charge in [0.15, 0.2) is 12.3 Å². The molecule has 2 aliphatic rings. The van der Waals surface area contributed by atoms with E-state index in [1.54, 1.807) is 12.3 Å². The summed E-state index contributed by atoms with van der Waals surface area (Å²) < 4.78 is 44.6. The minimum atomic E-state index is -4.43. The van der Waals surface area contributed by atoms with Gasteiger partial charge in [0, 0.05) is 37.1 Å². The zero-order valence-corrected chi connectivity index (χ0v) is 19.6. The van der Waals surface area contributed by atoms with Crippen LogP contribution < -0.4 is 15.0 Å². The molecule has 1 saturated carbocycles. The third-order valence-corrected chi connectivity index (χ3v) is 6.90. The minimum absolute atomic E-state index is 0.0182. The van der Waals surface area contributed by atoms with Crippen LogP contribution in [0.5, 0.6) is 5.88 Å². The topological polar surface area (TPSA) is 67.6 Å². The van der Waals surface area contributed by atoms with Crippen molar-refractivity contribution in [3.63, 3.8) is 0 Å². The molecule has 0 radical (unpaired) electrons. The van der Waals surface area contributed by atoms with Crippen LogP contribution in [0.15, 0.2) is 30.5 Å². The summed E-state index contributed by atoms with van der Waals surface area (Å²) in [6, 6.07) is 7.32. The van der Waals surface area contributed by atoms with Crippen molar-refractivity contribution in [2.45, 2.75) is 44.8 Å². The monoisotopic (exact) mass is 494 g/mol. The van der Waals surface area contributed by atoms with Gasteiger partial charge in [-0.25, -0.2) is 4.98 Å². The van der Waals surface area contributed by atoms with Crippen LogP contribution in [0, 0.1) is 11.8 Å². The van der Waals surface area contributed by atoms with Crippen LogP contribution in [0.4, 0.5) is 24.8 Å². The van der Waals surface area contributed by atoms with Crippen LogP contribution in [0.1, 0.15) is 38.2 Å². The summed E-state index contributed by atoms with van der Waals surface area (Å²) in [5, 5.41) is 8.47. The maximum Gasteiger partial charge on any atom is 0.422 e. The number of nitrogens with zero attached hydrogens (tertiary/aromatic N) is 5. The molecule has 3 aromatic rings. The third kappa shape index (κ3) is 4.60. The Morgan fingerprint density at radius 1 is 1.18 bits per heavy atom. The maximum absolute atomic E-state index is 12.7. The maximum atomic E-state index is 12.7. The highest BCUT2D eigenvalue weighted by Crippen LogP contribution is 2.40. The van der Waals surface area contributed by atoms with E-state index in [0.29, 0.717) is 28.6 Å². The molecule has 5 rings (SSSR count). The fourth-order valence-corrected chi connectivity index (χ4v) is 5.31. The number of alkyl halides is 3. The lowest BCUT2D eigenvalue weighted by Gasteiger charge is -2.39. The molecule has 0 unspecified atom stereocenters. The molecule has 7 nitrogen and oxygen atoms in total. The average Bonchev–Trinajstić information content (AvgIpc) is 3.28. The van der Waals surface area contributed by atoms with Crippen LogP contribution in [0.25, 0.3) is 5.65 Å². The van der Waals surface area contributed by atoms with Gasteiger partial charge in [-0.2, -0.15) is 22.7 Å². The van der Waals surface area contributed by atoms with E-state index < -0.39 is 12.8 Å². The van der Waals surface area contributed by atoms with Gasteiger partial charge in [-0.05, 0) is 54.4 Å². The van der Waals surface area contributed by atoms with Gasteiger partial charge in [0.25, 0.3) is 0 Å². The van der Waals surface area contributed by atoms with Crippen molar-refractivity contribution >= 4 is 28.9 Å². The molecule has 4 heterocycles. The van der Waals surface area contributed by atoms with Crippen molar-refractivity contribution in [1.82, 2.24) is 19.6 Å². The van der Waals surface area contributed by atoms with Gasteiger partial charge in [0.05, 0.1) is 0 Å². The Hall–Kier alpha value is -2.75. The van der Waals surface area contributed by atoms with E-state index >= 15 is 0 Å². The number of fused-ring (bicyclic) bond motifs is 3. The van der Waals surface area contributed by atoms with E-state index in [1.807, 2.05) is 26.0 Å². The number of halogens is 4. The smallest absolute Gasteiger partial charge is 0.422 e. The Balaban J connectivity index is 1.38. The number of nitrogens with one attached hydrogen (secondary N) is 1. The second-order valence-electron chi connectivity index (χ2n) is 9.37. The van der Waals surface area contributed by atoms with Crippen molar-refractivity contribution in [3.05, 3.63) is 41.2 Å². The summed E-state index contributed by atoms with van der Waals surface area (Å²) in [4.78, 5) is 11.1. The fourth-order valence-electron chi connectivity index (χ4n) is 5.14. The highest BCUT2D eigenvalue weighted by Gasteiger charge is 2.42. The molecule has 1 N–H and O–H groups in total.